The summed E-state index contributed by atoms with van der Waals surface area (Å²) in [6.07, 6.45) is 4.57. The van der Waals surface area contributed by atoms with Gasteiger partial charge in [0, 0.05) is 18.1 Å². The molecule has 2 heteroatoms. The lowest BCUT2D eigenvalue weighted by atomic mass is 10.6. The van der Waals surface area contributed by atoms with Gasteiger partial charge in [0.15, 0.2) is 0 Å². The molecule has 1 rings (SSSR count). The molecule has 0 unspecified atom stereocenters. The van der Waals surface area contributed by atoms with E-state index in [9.17, 15) is 0 Å². The lowest BCUT2D eigenvalue weighted by Crippen LogP contribution is -2.02. The Bertz CT molecular complexity index is 50.6. The SMILES string of the molecule is C1=CC[Si][Si]C1. The lowest BCUT2D eigenvalue weighted by Gasteiger charge is -1.94. The summed E-state index contributed by atoms with van der Waals surface area (Å²) in [6, 6.07) is 2.72. The molecule has 0 amide bonds. The van der Waals surface area contributed by atoms with Gasteiger partial charge in [-0.15, -0.1) is 0 Å². The van der Waals surface area contributed by atoms with Gasteiger partial charge < -0.3 is 0 Å². The zero-order valence-electron chi connectivity index (χ0n) is 3.57. The first-order chi connectivity index (χ1) is 3.00. The summed E-state index contributed by atoms with van der Waals surface area (Å²) in [5.41, 5.74) is 0. The number of allylic oxidation sites excluding steroid dienone is 2. The maximum atomic E-state index is 2.29. The molecule has 0 saturated heterocycles. The van der Waals surface area contributed by atoms with Crippen LogP contribution in [0.2, 0.25) is 12.1 Å². The molecule has 30 valence electrons. The van der Waals surface area contributed by atoms with Crippen LogP contribution in [0.25, 0.3) is 0 Å². The second-order valence-corrected chi connectivity index (χ2v) is 4.88. The lowest BCUT2D eigenvalue weighted by molar-refractivity contribution is 1.57. The second-order valence-electron chi connectivity index (χ2n) is 1.23. The first kappa shape index (κ1) is 4.34. The van der Waals surface area contributed by atoms with Crippen LogP contribution in [0, 0.1) is 0 Å². The van der Waals surface area contributed by atoms with E-state index in [-0.39, 0.29) is 0 Å². The maximum Gasteiger partial charge on any atom is 0.0275 e. The molecule has 0 aromatic heterocycles. The Labute approximate surface area is 43.1 Å². The fourth-order valence-corrected chi connectivity index (χ4v) is 2.86. The minimum atomic E-state index is 1.24. The van der Waals surface area contributed by atoms with Gasteiger partial charge in [-0.25, -0.2) is 0 Å². The highest BCUT2D eigenvalue weighted by atomic mass is 29.1. The van der Waals surface area contributed by atoms with Crippen LogP contribution in [0.4, 0.5) is 0 Å². The molecule has 0 fully saturated rings. The van der Waals surface area contributed by atoms with Crippen LogP contribution in [0.15, 0.2) is 12.2 Å². The van der Waals surface area contributed by atoms with Crippen molar-refractivity contribution in [2.24, 2.45) is 0 Å². The van der Waals surface area contributed by atoms with Crippen LogP contribution >= 0.6 is 0 Å². The Morgan fingerprint density at radius 2 is 1.50 bits per heavy atom. The average Bonchev–Trinajstić information content (AvgIpc) is 1.72. The van der Waals surface area contributed by atoms with Crippen molar-refractivity contribution in [1.29, 1.82) is 0 Å². The molecule has 0 aliphatic carbocycles. The monoisotopic (exact) mass is 110 g/mol. The van der Waals surface area contributed by atoms with Gasteiger partial charge in [0.05, 0.1) is 0 Å². The highest BCUT2D eigenvalue weighted by molar-refractivity contribution is 7.01. The largest absolute Gasteiger partial charge is 0.0922 e. The van der Waals surface area contributed by atoms with E-state index in [0.717, 1.165) is 0 Å². The topological polar surface area (TPSA) is 0 Å². The highest BCUT2D eigenvalue weighted by Gasteiger charge is 1.90. The molecular formula is C4H6Si2. The van der Waals surface area contributed by atoms with E-state index in [1.807, 2.05) is 0 Å². The second kappa shape index (κ2) is 2.36. The normalized spacial score (nSPS) is 21.3. The Hall–Kier alpha value is 0.174. The van der Waals surface area contributed by atoms with Gasteiger partial charge in [-0.3, -0.25) is 0 Å². The van der Waals surface area contributed by atoms with Crippen molar-refractivity contribution < 1.29 is 0 Å². The van der Waals surface area contributed by atoms with E-state index in [1.165, 1.54) is 30.2 Å². The van der Waals surface area contributed by atoms with E-state index < -0.39 is 0 Å². The molecule has 0 saturated carbocycles. The molecule has 0 aromatic carbocycles. The maximum absolute atomic E-state index is 2.29. The smallest absolute Gasteiger partial charge is 0.0275 e. The number of rotatable bonds is 0. The van der Waals surface area contributed by atoms with Crippen LogP contribution in [0.3, 0.4) is 0 Å². The van der Waals surface area contributed by atoms with Crippen molar-refractivity contribution in [3.63, 3.8) is 0 Å². The molecule has 1 aliphatic rings. The zero-order chi connectivity index (χ0) is 4.24. The van der Waals surface area contributed by atoms with Gasteiger partial charge in [0.25, 0.3) is 0 Å². The predicted molar refractivity (Wildman–Crippen MR) is 30.3 cm³/mol. The van der Waals surface area contributed by atoms with Gasteiger partial charge >= 0.3 is 0 Å². The fraction of sp³-hybridized carbons (Fsp3) is 0.500. The molecule has 0 aromatic rings. The molecule has 0 atom stereocenters. The number of hydrogen-bond donors (Lipinski definition) is 0. The zero-order valence-corrected chi connectivity index (χ0v) is 5.57. The van der Waals surface area contributed by atoms with Crippen molar-refractivity contribution in [2.45, 2.75) is 12.1 Å². The van der Waals surface area contributed by atoms with Crippen LogP contribution in [-0.2, 0) is 0 Å². The molecule has 0 nitrogen and oxygen atoms in total. The molecular weight excluding hydrogens is 104 g/mol. The Balaban J connectivity index is 2.26. The molecule has 4 radical (unpaired) electrons. The first-order valence-electron chi connectivity index (χ1n) is 2.11. The Morgan fingerprint density at radius 3 is 1.67 bits per heavy atom. The first-order valence-corrected chi connectivity index (χ1v) is 5.52. The summed E-state index contributed by atoms with van der Waals surface area (Å²) in [7, 11) is 2.49. The molecule has 1 aliphatic heterocycles. The third-order valence-electron chi connectivity index (χ3n) is 0.731. The van der Waals surface area contributed by atoms with Crippen LogP contribution in [-0.4, -0.2) is 18.1 Å². The third-order valence-corrected chi connectivity index (χ3v) is 3.84. The van der Waals surface area contributed by atoms with Gasteiger partial charge in [-0.05, 0) is 12.1 Å². The molecule has 0 N–H and O–H groups in total. The highest BCUT2D eigenvalue weighted by Crippen LogP contribution is 1.93. The van der Waals surface area contributed by atoms with Gasteiger partial charge in [0.1, 0.15) is 0 Å². The minimum Gasteiger partial charge on any atom is -0.0922 e. The van der Waals surface area contributed by atoms with Crippen molar-refractivity contribution in [1.82, 2.24) is 0 Å². The summed E-state index contributed by atoms with van der Waals surface area (Å²) >= 11 is 0. The van der Waals surface area contributed by atoms with E-state index in [2.05, 4.69) is 12.2 Å². The predicted octanol–water partition coefficient (Wildman–Crippen LogP) is 0.716. The minimum absolute atomic E-state index is 1.24. The molecule has 1 heterocycles. The molecule has 0 bridgehead atoms. The van der Waals surface area contributed by atoms with Crippen LogP contribution < -0.4 is 0 Å². The van der Waals surface area contributed by atoms with Crippen molar-refractivity contribution >= 4 is 18.1 Å². The van der Waals surface area contributed by atoms with Crippen LogP contribution in [0.5, 0.6) is 0 Å². The Morgan fingerprint density at radius 1 is 1.00 bits per heavy atom. The summed E-state index contributed by atoms with van der Waals surface area (Å²) in [4.78, 5) is 0. The van der Waals surface area contributed by atoms with E-state index in [4.69, 9.17) is 0 Å². The van der Waals surface area contributed by atoms with Gasteiger partial charge in [-0.1, -0.05) is 12.2 Å². The summed E-state index contributed by atoms with van der Waals surface area (Å²) in [5, 5.41) is 0. The van der Waals surface area contributed by atoms with Gasteiger partial charge in [-0.2, -0.15) is 0 Å². The van der Waals surface area contributed by atoms with Crippen LogP contribution in [0.1, 0.15) is 0 Å². The van der Waals surface area contributed by atoms with E-state index in [1.54, 1.807) is 0 Å². The van der Waals surface area contributed by atoms with E-state index in [0.29, 0.717) is 0 Å². The van der Waals surface area contributed by atoms with Crippen molar-refractivity contribution in [3.8, 4) is 0 Å². The van der Waals surface area contributed by atoms with Crippen molar-refractivity contribution in [3.05, 3.63) is 12.2 Å². The van der Waals surface area contributed by atoms with E-state index >= 15 is 0 Å². The third kappa shape index (κ3) is 1.10. The summed E-state index contributed by atoms with van der Waals surface area (Å²) in [5.74, 6) is 0. The number of hydrogen-bond acceptors (Lipinski definition) is 0. The van der Waals surface area contributed by atoms with Gasteiger partial charge in [0.2, 0.25) is 0 Å². The average molecular weight is 110 g/mol. The standard InChI is InChI=1S/C4H6Si2/c1-2-4-6-5-3-1/h1-2H,3-4H2. The molecule has 6 heavy (non-hydrogen) atoms. The molecule has 0 spiro atoms. The van der Waals surface area contributed by atoms with Crippen molar-refractivity contribution in [2.75, 3.05) is 0 Å². The quantitative estimate of drug-likeness (QED) is 0.318. The summed E-state index contributed by atoms with van der Waals surface area (Å²) < 4.78 is 0. The Kier molecular flexibility index (Phi) is 1.71. The summed E-state index contributed by atoms with van der Waals surface area (Å²) in [6.45, 7) is 0. The fourth-order valence-electron chi connectivity index (χ4n) is 0.429.